The zero-order valence-corrected chi connectivity index (χ0v) is 16.3. The molecule has 1 aliphatic rings. The highest BCUT2D eigenvalue weighted by atomic mass is 19.4. The minimum Gasteiger partial charge on any atom is -0.399 e. The topological polar surface area (TPSA) is 9.23 Å². The van der Waals surface area contributed by atoms with Crippen LogP contribution in [0.3, 0.4) is 0 Å². The Morgan fingerprint density at radius 2 is 1.46 bits per heavy atom. The van der Waals surface area contributed by atoms with E-state index in [1.807, 2.05) is 0 Å². The minimum atomic E-state index is -5.12. The van der Waals surface area contributed by atoms with Gasteiger partial charge in [0, 0.05) is 0 Å². The number of hydrogen-bond acceptors (Lipinski definition) is 1. The zero-order chi connectivity index (χ0) is 20.6. The van der Waals surface area contributed by atoms with Gasteiger partial charge in [-0.05, 0) is 61.6 Å². The number of ether oxygens (including phenoxy) is 1. The molecule has 0 spiro atoms. The van der Waals surface area contributed by atoms with E-state index < -0.39 is 23.7 Å². The molecule has 1 nitrogen and oxygen atoms in total. The molecule has 6 heteroatoms. The molecule has 0 radical (unpaired) electrons. The van der Waals surface area contributed by atoms with E-state index in [9.17, 15) is 22.0 Å². The van der Waals surface area contributed by atoms with Crippen LogP contribution in [-0.4, -0.2) is 6.36 Å². The van der Waals surface area contributed by atoms with Crippen LogP contribution in [0.5, 0.6) is 5.75 Å². The fraction of sp³-hybridized carbons (Fsp3) is 0.636. The van der Waals surface area contributed by atoms with Crippen LogP contribution in [0.2, 0.25) is 0 Å². The Bertz CT molecular complexity index is 607. The first-order valence-corrected chi connectivity index (χ1v) is 10.2. The van der Waals surface area contributed by atoms with Gasteiger partial charge in [-0.1, -0.05) is 51.2 Å². The molecular weight excluding hydrogens is 375 g/mol. The molecule has 0 saturated heterocycles. The summed E-state index contributed by atoms with van der Waals surface area (Å²) in [7, 11) is 0. The number of alkyl halides is 3. The van der Waals surface area contributed by atoms with Gasteiger partial charge in [0.25, 0.3) is 0 Å². The van der Waals surface area contributed by atoms with Crippen LogP contribution in [0.15, 0.2) is 24.3 Å². The van der Waals surface area contributed by atoms with E-state index in [0.29, 0.717) is 17.9 Å². The predicted molar refractivity (Wildman–Crippen MR) is 100 cm³/mol. The van der Waals surface area contributed by atoms with Crippen LogP contribution in [0.25, 0.3) is 0 Å². The molecule has 1 aliphatic carbocycles. The maximum Gasteiger partial charge on any atom is 0.573 e. The summed E-state index contributed by atoms with van der Waals surface area (Å²) >= 11 is 0. The number of unbranched alkanes of at least 4 members (excludes halogenated alkanes) is 1. The lowest BCUT2D eigenvalue weighted by Crippen LogP contribution is -2.19. The second-order valence-electron chi connectivity index (χ2n) is 7.70. The Balaban J connectivity index is 1.76. The number of aryl methyl sites for hydroxylation is 1. The number of halogens is 5. The van der Waals surface area contributed by atoms with Crippen molar-refractivity contribution in [3.05, 3.63) is 41.5 Å². The van der Waals surface area contributed by atoms with Crippen molar-refractivity contribution in [2.75, 3.05) is 0 Å². The summed E-state index contributed by atoms with van der Waals surface area (Å²) in [4.78, 5) is 0. The Morgan fingerprint density at radius 1 is 0.929 bits per heavy atom. The van der Waals surface area contributed by atoms with Crippen molar-refractivity contribution in [3.63, 3.8) is 0 Å². The molecule has 0 aromatic heterocycles. The summed E-state index contributed by atoms with van der Waals surface area (Å²) in [5.41, 5.74) is 0.368. The standard InChI is InChI=1S/C22H29F5O/c1-2-3-4-5-6-7-16-8-10-17(11-9-16)12-13-18-14-19(23)21(20(24)15-18)28-22(25,26)27/h4-5,14-17H,2-3,6-13H2,1H3/b5-4+/t16-,17-. The molecule has 1 aromatic rings. The van der Waals surface area contributed by atoms with E-state index in [0.717, 1.165) is 50.2 Å². The van der Waals surface area contributed by atoms with Crippen molar-refractivity contribution < 1.29 is 26.7 Å². The monoisotopic (exact) mass is 404 g/mol. The first-order valence-electron chi connectivity index (χ1n) is 10.2. The summed E-state index contributed by atoms with van der Waals surface area (Å²) in [5, 5.41) is 0. The maximum atomic E-state index is 13.8. The van der Waals surface area contributed by atoms with E-state index in [2.05, 4.69) is 23.8 Å². The number of allylic oxidation sites excluding steroid dienone is 2. The van der Waals surface area contributed by atoms with Gasteiger partial charge < -0.3 is 4.74 Å². The van der Waals surface area contributed by atoms with Crippen molar-refractivity contribution in [2.24, 2.45) is 11.8 Å². The Labute approximate surface area is 164 Å². The van der Waals surface area contributed by atoms with Crippen molar-refractivity contribution in [1.29, 1.82) is 0 Å². The first kappa shape index (κ1) is 22.7. The van der Waals surface area contributed by atoms with Crippen LogP contribution in [-0.2, 0) is 6.42 Å². The molecule has 1 saturated carbocycles. The van der Waals surface area contributed by atoms with Gasteiger partial charge in [0.05, 0.1) is 0 Å². The fourth-order valence-corrected chi connectivity index (χ4v) is 3.88. The molecule has 0 aliphatic heterocycles. The Kier molecular flexibility index (Phi) is 8.77. The summed E-state index contributed by atoms with van der Waals surface area (Å²) in [6, 6.07) is 1.89. The maximum absolute atomic E-state index is 13.8. The zero-order valence-electron chi connectivity index (χ0n) is 16.3. The van der Waals surface area contributed by atoms with Crippen LogP contribution in [0.4, 0.5) is 22.0 Å². The van der Waals surface area contributed by atoms with Crippen LogP contribution < -0.4 is 4.74 Å². The highest BCUT2D eigenvalue weighted by Gasteiger charge is 2.34. The van der Waals surface area contributed by atoms with Crippen molar-refractivity contribution >= 4 is 0 Å². The number of hydrogen-bond donors (Lipinski definition) is 0. The quantitative estimate of drug-likeness (QED) is 0.302. The molecule has 1 fully saturated rings. The molecule has 0 unspecified atom stereocenters. The van der Waals surface area contributed by atoms with E-state index in [1.54, 1.807) is 0 Å². The summed E-state index contributed by atoms with van der Waals surface area (Å²) in [5.74, 6) is -2.76. The predicted octanol–water partition coefficient (Wildman–Crippen LogP) is 7.74. The van der Waals surface area contributed by atoms with E-state index in [-0.39, 0.29) is 0 Å². The SMILES string of the molecule is CCC/C=C/CC[C@H]1CC[C@H](CCc2cc(F)c(OC(F)(F)F)c(F)c2)CC1. The fourth-order valence-electron chi connectivity index (χ4n) is 3.88. The summed E-state index contributed by atoms with van der Waals surface area (Å²) in [6.45, 7) is 2.17. The van der Waals surface area contributed by atoms with Gasteiger partial charge in [-0.2, -0.15) is 0 Å². The minimum absolute atomic E-state index is 0.368. The first-order chi connectivity index (χ1) is 13.3. The van der Waals surface area contributed by atoms with Gasteiger partial charge in [-0.15, -0.1) is 13.2 Å². The number of rotatable bonds is 9. The molecule has 158 valence electrons. The lowest BCUT2D eigenvalue weighted by molar-refractivity contribution is -0.276. The van der Waals surface area contributed by atoms with Crippen molar-refractivity contribution in [1.82, 2.24) is 0 Å². The molecule has 0 heterocycles. The van der Waals surface area contributed by atoms with Crippen LogP contribution in [0.1, 0.15) is 70.3 Å². The van der Waals surface area contributed by atoms with Crippen molar-refractivity contribution in [3.8, 4) is 5.75 Å². The average Bonchev–Trinajstić information content (AvgIpc) is 2.63. The van der Waals surface area contributed by atoms with Gasteiger partial charge in [-0.25, -0.2) is 8.78 Å². The summed E-state index contributed by atoms with van der Waals surface area (Å²) < 4.78 is 67.6. The molecule has 1 aromatic carbocycles. The van der Waals surface area contributed by atoms with E-state index in [4.69, 9.17) is 0 Å². The molecule has 0 atom stereocenters. The molecule has 0 N–H and O–H groups in total. The highest BCUT2D eigenvalue weighted by molar-refractivity contribution is 5.31. The third-order valence-electron chi connectivity index (χ3n) is 5.45. The van der Waals surface area contributed by atoms with Gasteiger partial charge in [-0.3, -0.25) is 0 Å². The lowest BCUT2D eigenvalue weighted by Gasteiger charge is -2.28. The van der Waals surface area contributed by atoms with Crippen molar-refractivity contribution in [2.45, 2.75) is 77.5 Å². The highest BCUT2D eigenvalue weighted by Crippen LogP contribution is 2.35. The van der Waals surface area contributed by atoms with Gasteiger partial charge >= 0.3 is 6.36 Å². The molecule has 0 amide bonds. The molecule has 0 bridgehead atoms. The van der Waals surface area contributed by atoms with E-state index >= 15 is 0 Å². The smallest absolute Gasteiger partial charge is 0.399 e. The molecule has 28 heavy (non-hydrogen) atoms. The lowest BCUT2D eigenvalue weighted by atomic mass is 9.78. The third-order valence-corrected chi connectivity index (χ3v) is 5.45. The Morgan fingerprint density at radius 3 is 2.00 bits per heavy atom. The molecular formula is C22H29F5O. The normalized spacial score (nSPS) is 20.6. The van der Waals surface area contributed by atoms with Crippen LogP contribution >= 0.6 is 0 Å². The molecule has 2 rings (SSSR count). The number of benzene rings is 1. The van der Waals surface area contributed by atoms with Crippen LogP contribution in [0, 0.1) is 23.5 Å². The largest absolute Gasteiger partial charge is 0.573 e. The summed E-state index contributed by atoms with van der Waals surface area (Å²) in [6.07, 6.45) is 9.84. The van der Waals surface area contributed by atoms with Gasteiger partial charge in [0.15, 0.2) is 11.6 Å². The average molecular weight is 404 g/mol. The second-order valence-corrected chi connectivity index (χ2v) is 7.70. The Hall–Kier alpha value is -1.59. The third kappa shape index (κ3) is 7.80. The van der Waals surface area contributed by atoms with E-state index in [1.165, 1.54) is 25.7 Å². The van der Waals surface area contributed by atoms with Gasteiger partial charge in [0.2, 0.25) is 5.75 Å². The second kappa shape index (κ2) is 10.8. The van der Waals surface area contributed by atoms with Gasteiger partial charge in [0.1, 0.15) is 0 Å².